The summed E-state index contributed by atoms with van der Waals surface area (Å²) in [5.41, 5.74) is 2.35. The number of aliphatic imine (C=N–C) groups is 1. The van der Waals surface area contributed by atoms with E-state index in [-0.39, 0.29) is 48.8 Å². The predicted molar refractivity (Wildman–Crippen MR) is 107 cm³/mol. The Balaban J connectivity index is 0.00000131. The third kappa shape index (κ3) is 4.27. The summed E-state index contributed by atoms with van der Waals surface area (Å²) in [6.45, 7) is 0.232. The van der Waals surface area contributed by atoms with Gasteiger partial charge in [-0.05, 0) is 24.3 Å². The minimum Gasteiger partial charge on any atom is -0.352 e. The van der Waals surface area contributed by atoms with Crippen molar-refractivity contribution in [3.63, 3.8) is 0 Å². The van der Waals surface area contributed by atoms with Gasteiger partial charge in [0.2, 0.25) is 5.96 Å². The summed E-state index contributed by atoms with van der Waals surface area (Å²) in [7, 11) is 0. The highest BCUT2D eigenvalue weighted by molar-refractivity contribution is 6.14. The van der Waals surface area contributed by atoms with Crippen molar-refractivity contribution in [2.75, 3.05) is 0 Å². The van der Waals surface area contributed by atoms with Gasteiger partial charge < -0.3 is 10.3 Å². The first-order valence-electron chi connectivity index (χ1n) is 7.72. The van der Waals surface area contributed by atoms with Gasteiger partial charge >= 0.3 is 0 Å². The number of halogens is 3. The number of aromatic nitrogens is 2. The number of carbonyl (C=O) groups excluding carboxylic acids is 1. The molecular formula is C18H16Cl2FN5O. The van der Waals surface area contributed by atoms with Gasteiger partial charge in [0, 0.05) is 35.5 Å². The fourth-order valence-electron chi connectivity index (χ4n) is 2.62. The highest BCUT2D eigenvalue weighted by Gasteiger charge is 2.20. The van der Waals surface area contributed by atoms with E-state index in [4.69, 9.17) is 0 Å². The van der Waals surface area contributed by atoms with Crippen molar-refractivity contribution in [1.29, 1.82) is 0 Å². The fourth-order valence-corrected chi connectivity index (χ4v) is 2.62. The first kappa shape index (κ1) is 20.4. The number of nitrogens with one attached hydrogen (secondary N) is 3. The van der Waals surface area contributed by atoms with Gasteiger partial charge in [0.05, 0.1) is 0 Å². The van der Waals surface area contributed by atoms with Gasteiger partial charge in [0.15, 0.2) is 0 Å². The molecule has 9 heteroatoms. The molecule has 3 heterocycles. The van der Waals surface area contributed by atoms with Crippen molar-refractivity contribution >= 4 is 53.8 Å². The van der Waals surface area contributed by atoms with Crippen LogP contribution in [0.1, 0.15) is 11.1 Å². The molecule has 0 fully saturated rings. The van der Waals surface area contributed by atoms with Crippen LogP contribution >= 0.6 is 24.8 Å². The minimum atomic E-state index is -0.311. The first-order chi connectivity index (χ1) is 12.2. The predicted octanol–water partition coefficient (Wildman–Crippen LogP) is 3.16. The van der Waals surface area contributed by atoms with Gasteiger partial charge in [-0.3, -0.25) is 10.1 Å². The lowest BCUT2D eigenvalue weighted by Crippen LogP contribution is -2.35. The van der Waals surface area contributed by atoms with Crippen LogP contribution in [0.2, 0.25) is 0 Å². The van der Waals surface area contributed by atoms with Crippen LogP contribution in [0.15, 0.2) is 59.5 Å². The molecule has 1 amide bonds. The Hall–Kier alpha value is -2.90. The molecule has 0 saturated carbocycles. The molecule has 6 nitrogen and oxygen atoms in total. The van der Waals surface area contributed by atoms with Gasteiger partial charge in [-0.15, -0.1) is 24.8 Å². The molecule has 0 radical (unpaired) electrons. The second-order valence-corrected chi connectivity index (χ2v) is 5.53. The standard InChI is InChI=1S/C18H14FN5O.2ClH/c19-14-6-2-1-4-11(14)9-22-18-23-15(17(25)24-18)8-12-10-21-16-13(12)5-3-7-20-16;;/h1-8,10H,9H2,(H,20,21)(H2,22,23,24,25);2*1H/b15-8-;;. The average Bonchev–Trinajstić information content (AvgIpc) is 3.19. The molecule has 3 aromatic rings. The van der Waals surface area contributed by atoms with Crippen LogP contribution in [0.5, 0.6) is 0 Å². The molecule has 0 spiro atoms. The van der Waals surface area contributed by atoms with Crippen LogP contribution in [-0.4, -0.2) is 21.8 Å². The molecule has 3 N–H and O–H groups in total. The third-order valence-electron chi connectivity index (χ3n) is 3.88. The van der Waals surface area contributed by atoms with Crippen molar-refractivity contribution in [1.82, 2.24) is 20.6 Å². The number of benzene rings is 1. The van der Waals surface area contributed by atoms with Gasteiger partial charge in [-0.1, -0.05) is 18.2 Å². The molecule has 2 aromatic heterocycles. The second kappa shape index (κ2) is 8.66. The molecule has 0 saturated heterocycles. The number of H-pyrrole nitrogens is 1. The number of aromatic amines is 1. The quantitative estimate of drug-likeness (QED) is 0.583. The van der Waals surface area contributed by atoms with Crippen LogP contribution in [-0.2, 0) is 11.3 Å². The zero-order valence-corrected chi connectivity index (χ0v) is 15.5. The van der Waals surface area contributed by atoms with Gasteiger partial charge in [0.25, 0.3) is 5.91 Å². The van der Waals surface area contributed by atoms with Crippen LogP contribution in [0.25, 0.3) is 17.1 Å². The molecule has 1 aliphatic rings. The van der Waals surface area contributed by atoms with Crippen molar-refractivity contribution in [2.45, 2.75) is 6.54 Å². The summed E-state index contributed by atoms with van der Waals surface area (Å²) in [4.78, 5) is 23.6. The smallest absolute Gasteiger partial charge is 0.276 e. The molecule has 0 unspecified atom stereocenters. The van der Waals surface area contributed by atoms with Gasteiger partial charge in [-0.25, -0.2) is 14.4 Å². The fraction of sp³-hybridized carbons (Fsp3) is 0.0556. The molecular weight excluding hydrogens is 392 g/mol. The number of pyridine rings is 1. The van der Waals surface area contributed by atoms with E-state index in [9.17, 15) is 9.18 Å². The third-order valence-corrected chi connectivity index (χ3v) is 3.88. The maximum Gasteiger partial charge on any atom is 0.276 e. The van der Waals surface area contributed by atoms with E-state index in [0.717, 1.165) is 16.6 Å². The monoisotopic (exact) mass is 407 g/mol. The maximum absolute atomic E-state index is 13.6. The average molecular weight is 408 g/mol. The Bertz CT molecular complexity index is 1030. The summed E-state index contributed by atoms with van der Waals surface area (Å²) in [6, 6.07) is 10.2. The van der Waals surface area contributed by atoms with Crippen molar-refractivity contribution < 1.29 is 9.18 Å². The van der Waals surface area contributed by atoms with E-state index in [1.807, 2.05) is 12.1 Å². The summed E-state index contributed by atoms with van der Waals surface area (Å²) >= 11 is 0. The number of fused-ring (bicyclic) bond motifs is 1. The lowest BCUT2D eigenvalue weighted by molar-refractivity contribution is -0.115. The van der Waals surface area contributed by atoms with Gasteiger partial charge in [-0.2, -0.15) is 0 Å². The van der Waals surface area contributed by atoms with E-state index >= 15 is 0 Å². The van der Waals surface area contributed by atoms with E-state index in [2.05, 4.69) is 25.6 Å². The first-order valence-corrected chi connectivity index (χ1v) is 7.72. The molecule has 0 aliphatic carbocycles. The summed E-state index contributed by atoms with van der Waals surface area (Å²) in [6.07, 6.45) is 5.16. The van der Waals surface area contributed by atoms with E-state index in [1.54, 1.807) is 36.7 Å². The Morgan fingerprint density at radius 3 is 2.78 bits per heavy atom. The second-order valence-electron chi connectivity index (χ2n) is 5.53. The van der Waals surface area contributed by atoms with Crippen LogP contribution < -0.4 is 10.6 Å². The van der Waals surface area contributed by atoms with E-state index in [1.165, 1.54) is 6.07 Å². The van der Waals surface area contributed by atoms with E-state index < -0.39 is 0 Å². The topological polar surface area (TPSA) is 82.2 Å². The van der Waals surface area contributed by atoms with E-state index in [0.29, 0.717) is 11.5 Å². The normalized spacial score (nSPS) is 14.3. The van der Waals surface area contributed by atoms with Crippen LogP contribution in [0.3, 0.4) is 0 Å². The van der Waals surface area contributed by atoms with Crippen LogP contribution in [0.4, 0.5) is 4.39 Å². The number of hydrogen-bond acceptors (Lipinski definition) is 4. The lowest BCUT2D eigenvalue weighted by Gasteiger charge is -2.05. The van der Waals surface area contributed by atoms with Crippen LogP contribution in [0, 0.1) is 5.82 Å². The SMILES string of the molecule is Cl.Cl.O=C1NC(NCc2ccccc2F)=N/C1=C\c1c[nH]c2ncccc12. The molecule has 0 atom stereocenters. The minimum absolute atomic E-state index is 0. The summed E-state index contributed by atoms with van der Waals surface area (Å²) in [5, 5.41) is 6.48. The molecule has 1 aliphatic heterocycles. The zero-order valence-electron chi connectivity index (χ0n) is 13.9. The molecule has 27 heavy (non-hydrogen) atoms. The molecule has 4 rings (SSSR count). The molecule has 0 bridgehead atoms. The number of nitrogens with zero attached hydrogens (tertiary/aromatic N) is 2. The Labute approximate surface area is 166 Å². The Morgan fingerprint density at radius 1 is 1.15 bits per heavy atom. The molecule has 140 valence electrons. The largest absolute Gasteiger partial charge is 0.352 e. The van der Waals surface area contributed by atoms with Crippen molar-refractivity contribution in [2.24, 2.45) is 4.99 Å². The van der Waals surface area contributed by atoms with Crippen molar-refractivity contribution in [3.05, 3.63) is 71.4 Å². The maximum atomic E-state index is 13.6. The number of amides is 1. The van der Waals surface area contributed by atoms with Crippen molar-refractivity contribution in [3.8, 4) is 0 Å². The number of rotatable bonds is 3. The molecule has 1 aromatic carbocycles. The number of carbonyl (C=O) groups is 1. The highest BCUT2D eigenvalue weighted by atomic mass is 35.5. The Kier molecular flexibility index (Phi) is 6.55. The summed E-state index contributed by atoms with van der Waals surface area (Å²) < 4.78 is 13.6. The highest BCUT2D eigenvalue weighted by Crippen LogP contribution is 2.20. The lowest BCUT2D eigenvalue weighted by atomic mass is 10.2. The van der Waals surface area contributed by atoms with Gasteiger partial charge in [0.1, 0.15) is 17.2 Å². The zero-order chi connectivity index (χ0) is 17.2. The number of hydrogen-bond donors (Lipinski definition) is 3. The Morgan fingerprint density at radius 2 is 1.96 bits per heavy atom. The summed E-state index contributed by atoms with van der Waals surface area (Å²) in [5.74, 6) is -0.311. The number of guanidine groups is 1.